The molecule has 0 spiro atoms. The van der Waals surface area contributed by atoms with Gasteiger partial charge >= 0.3 is 0 Å². The molecule has 1 unspecified atom stereocenters. The lowest BCUT2D eigenvalue weighted by Gasteiger charge is -2.17. The van der Waals surface area contributed by atoms with Gasteiger partial charge in [-0.15, -0.1) is 0 Å². The fraction of sp³-hybridized carbons (Fsp3) is 0.250. The topological polar surface area (TPSA) is 89.0 Å². The van der Waals surface area contributed by atoms with Crippen LogP contribution in [0, 0.1) is 6.92 Å². The summed E-state index contributed by atoms with van der Waals surface area (Å²) in [6, 6.07) is 24.1. The maximum atomic E-state index is 12.3. The molecule has 36 heavy (non-hydrogen) atoms. The highest BCUT2D eigenvalue weighted by Crippen LogP contribution is 2.26. The van der Waals surface area contributed by atoms with Crippen molar-refractivity contribution in [2.45, 2.75) is 24.8 Å². The molecule has 1 aromatic heterocycles. The number of pyridine rings is 1. The number of hydrogen-bond acceptors (Lipinski definition) is 7. The maximum Gasteiger partial charge on any atom is 0.297 e. The molecule has 3 aromatic carbocycles. The fourth-order valence-corrected chi connectivity index (χ4v) is 4.54. The van der Waals surface area contributed by atoms with E-state index in [9.17, 15) is 13.5 Å². The van der Waals surface area contributed by atoms with Gasteiger partial charge in [0.2, 0.25) is 0 Å². The summed E-state index contributed by atoms with van der Waals surface area (Å²) < 4.78 is 35.3. The SMILES string of the molecule is CCN(C)c1ccc(-c2ccc3ccc(OCC(O)COS(=O)(=O)c4ccc(C)cc4)cc3n2)cc1. The summed E-state index contributed by atoms with van der Waals surface area (Å²) in [6.45, 7) is 4.37. The average molecular weight is 507 g/mol. The Morgan fingerprint density at radius 1 is 0.944 bits per heavy atom. The standard InChI is InChI=1S/C28H30N2O5S/c1-4-30(3)23-11-7-21(8-12-23)27-16-10-22-9-13-25(17-28(22)29-27)34-18-24(31)19-35-36(32,33)26-14-5-20(2)6-15-26/h5-17,24,31H,4,18-19H2,1-3H3. The highest BCUT2D eigenvalue weighted by molar-refractivity contribution is 7.86. The number of aliphatic hydroxyl groups excluding tert-OH is 1. The lowest BCUT2D eigenvalue weighted by atomic mass is 10.1. The van der Waals surface area contributed by atoms with Gasteiger partial charge in [0.15, 0.2) is 0 Å². The lowest BCUT2D eigenvalue weighted by Crippen LogP contribution is -2.25. The van der Waals surface area contributed by atoms with Crippen LogP contribution in [0.2, 0.25) is 0 Å². The molecule has 0 aliphatic rings. The molecule has 8 heteroatoms. The van der Waals surface area contributed by atoms with Gasteiger partial charge in [0.25, 0.3) is 10.1 Å². The Hall–Kier alpha value is -3.46. The number of rotatable bonds is 10. The number of benzene rings is 3. The van der Waals surface area contributed by atoms with E-state index in [1.54, 1.807) is 24.3 Å². The minimum Gasteiger partial charge on any atom is -0.491 e. The van der Waals surface area contributed by atoms with Crippen molar-refractivity contribution in [2.24, 2.45) is 0 Å². The van der Waals surface area contributed by atoms with Gasteiger partial charge in [0, 0.05) is 36.3 Å². The highest BCUT2D eigenvalue weighted by Gasteiger charge is 2.18. The zero-order valence-electron chi connectivity index (χ0n) is 20.6. The van der Waals surface area contributed by atoms with E-state index in [1.807, 2.05) is 25.1 Å². The quantitative estimate of drug-likeness (QED) is 0.309. The zero-order chi connectivity index (χ0) is 25.7. The molecule has 0 radical (unpaired) electrons. The molecule has 0 saturated carbocycles. The van der Waals surface area contributed by atoms with E-state index >= 15 is 0 Å². The number of hydrogen-bond donors (Lipinski definition) is 1. The van der Waals surface area contributed by atoms with Crippen LogP contribution in [0.5, 0.6) is 5.75 Å². The highest BCUT2D eigenvalue weighted by atomic mass is 32.2. The molecule has 0 saturated heterocycles. The van der Waals surface area contributed by atoms with Gasteiger partial charge in [-0.25, -0.2) is 4.98 Å². The fourth-order valence-electron chi connectivity index (χ4n) is 3.60. The first-order valence-electron chi connectivity index (χ1n) is 11.7. The van der Waals surface area contributed by atoms with Gasteiger partial charge in [-0.3, -0.25) is 4.18 Å². The Labute approximate surface area is 212 Å². The van der Waals surface area contributed by atoms with Crippen LogP contribution in [0.4, 0.5) is 5.69 Å². The summed E-state index contributed by atoms with van der Waals surface area (Å²) in [5.41, 5.74) is 4.70. The minimum absolute atomic E-state index is 0.0460. The maximum absolute atomic E-state index is 12.3. The van der Waals surface area contributed by atoms with Gasteiger partial charge in [-0.05, 0) is 56.3 Å². The van der Waals surface area contributed by atoms with Gasteiger partial charge < -0.3 is 14.7 Å². The monoisotopic (exact) mass is 506 g/mol. The van der Waals surface area contributed by atoms with Crippen molar-refractivity contribution in [3.8, 4) is 17.0 Å². The molecule has 0 fully saturated rings. The predicted octanol–water partition coefficient (Wildman–Crippen LogP) is 4.81. The third-order valence-electron chi connectivity index (χ3n) is 5.91. The minimum atomic E-state index is -3.95. The number of aryl methyl sites for hydroxylation is 1. The molecule has 4 aromatic rings. The van der Waals surface area contributed by atoms with E-state index < -0.39 is 22.8 Å². The predicted molar refractivity (Wildman–Crippen MR) is 142 cm³/mol. The molecule has 188 valence electrons. The van der Waals surface area contributed by atoms with Crippen LogP contribution in [0.15, 0.2) is 83.8 Å². The molecule has 1 atom stereocenters. The first-order valence-corrected chi connectivity index (χ1v) is 13.2. The van der Waals surface area contributed by atoms with Gasteiger partial charge in [-0.1, -0.05) is 35.9 Å². The first kappa shape index (κ1) is 25.6. The van der Waals surface area contributed by atoms with Crippen molar-refractivity contribution in [3.05, 3.63) is 84.4 Å². The van der Waals surface area contributed by atoms with Crippen LogP contribution in [-0.2, 0) is 14.3 Å². The number of aliphatic hydroxyl groups is 1. The Kier molecular flexibility index (Phi) is 7.88. The van der Waals surface area contributed by atoms with E-state index in [4.69, 9.17) is 13.9 Å². The number of fused-ring (bicyclic) bond motifs is 1. The van der Waals surface area contributed by atoms with E-state index in [-0.39, 0.29) is 11.5 Å². The Morgan fingerprint density at radius 3 is 2.33 bits per heavy atom. The summed E-state index contributed by atoms with van der Waals surface area (Å²) in [5, 5.41) is 11.2. The number of aromatic nitrogens is 1. The summed E-state index contributed by atoms with van der Waals surface area (Å²) in [5.74, 6) is 0.521. The largest absolute Gasteiger partial charge is 0.491 e. The Morgan fingerprint density at radius 2 is 1.64 bits per heavy atom. The van der Waals surface area contributed by atoms with E-state index in [1.165, 1.54) is 12.1 Å². The van der Waals surface area contributed by atoms with Gasteiger partial charge in [0.05, 0.1) is 22.7 Å². The summed E-state index contributed by atoms with van der Waals surface area (Å²) in [4.78, 5) is 6.99. The third kappa shape index (κ3) is 6.20. The van der Waals surface area contributed by atoms with E-state index in [0.29, 0.717) is 5.75 Å². The van der Waals surface area contributed by atoms with Crippen LogP contribution in [0.1, 0.15) is 12.5 Å². The molecular weight excluding hydrogens is 476 g/mol. The average Bonchev–Trinajstić information content (AvgIpc) is 2.90. The van der Waals surface area contributed by atoms with Crippen molar-refractivity contribution in [1.29, 1.82) is 0 Å². The summed E-state index contributed by atoms with van der Waals surface area (Å²) >= 11 is 0. The van der Waals surface area contributed by atoms with Crippen molar-refractivity contribution in [2.75, 3.05) is 31.7 Å². The van der Waals surface area contributed by atoms with Crippen LogP contribution in [0.3, 0.4) is 0 Å². The summed E-state index contributed by atoms with van der Waals surface area (Å²) in [7, 11) is -1.90. The zero-order valence-corrected chi connectivity index (χ0v) is 21.4. The smallest absolute Gasteiger partial charge is 0.297 e. The molecule has 0 bridgehead atoms. The van der Waals surface area contributed by atoms with Gasteiger partial charge in [-0.2, -0.15) is 8.42 Å². The summed E-state index contributed by atoms with van der Waals surface area (Å²) in [6.07, 6.45) is -1.13. The number of anilines is 1. The molecule has 0 aliphatic heterocycles. The van der Waals surface area contributed by atoms with Gasteiger partial charge in [0.1, 0.15) is 18.5 Å². The second kappa shape index (κ2) is 11.1. The second-order valence-corrected chi connectivity index (χ2v) is 10.2. The molecule has 1 heterocycles. The van der Waals surface area contributed by atoms with E-state index in [0.717, 1.165) is 40.0 Å². The molecule has 0 amide bonds. The van der Waals surface area contributed by atoms with Crippen molar-refractivity contribution in [1.82, 2.24) is 4.98 Å². The molecule has 4 rings (SSSR count). The first-order chi connectivity index (χ1) is 17.2. The molecular formula is C28H30N2O5S. The molecule has 1 N–H and O–H groups in total. The van der Waals surface area contributed by atoms with Crippen LogP contribution in [0.25, 0.3) is 22.2 Å². The number of nitrogens with zero attached hydrogens (tertiary/aromatic N) is 2. The molecule has 0 aliphatic carbocycles. The normalized spacial score (nSPS) is 12.4. The van der Waals surface area contributed by atoms with Crippen LogP contribution < -0.4 is 9.64 Å². The molecule has 7 nitrogen and oxygen atoms in total. The second-order valence-electron chi connectivity index (χ2n) is 8.63. The Bertz CT molecular complexity index is 1420. The lowest BCUT2D eigenvalue weighted by molar-refractivity contribution is 0.0649. The van der Waals surface area contributed by atoms with Crippen molar-refractivity contribution >= 4 is 26.7 Å². The van der Waals surface area contributed by atoms with Crippen molar-refractivity contribution in [3.63, 3.8) is 0 Å². The third-order valence-corrected chi connectivity index (χ3v) is 7.21. The van der Waals surface area contributed by atoms with Crippen LogP contribution >= 0.6 is 0 Å². The van der Waals surface area contributed by atoms with Crippen LogP contribution in [-0.4, -0.2) is 51.4 Å². The van der Waals surface area contributed by atoms with E-state index in [2.05, 4.69) is 43.1 Å². The Balaban J connectivity index is 1.39. The van der Waals surface area contributed by atoms with Crippen molar-refractivity contribution < 1.29 is 22.4 Å². The number of ether oxygens (including phenoxy) is 1.